The summed E-state index contributed by atoms with van der Waals surface area (Å²) in [6.07, 6.45) is 29.2. The van der Waals surface area contributed by atoms with Crippen LogP contribution in [0.1, 0.15) is 125 Å². The van der Waals surface area contributed by atoms with Crippen molar-refractivity contribution in [3.05, 3.63) is 136 Å². The number of benzene rings is 3. The number of carbonyl (C=O) groups excluding carboxylic acids is 2. The van der Waals surface area contributed by atoms with E-state index in [-0.39, 0.29) is 46.7 Å². The number of aliphatic hydroxyl groups excluding tert-OH is 1. The van der Waals surface area contributed by atoms with Gasteiger partial charge in [0.05, 0.1) is 25.8 Å². The Morgan fingerprint density at radius 3 is 2.53 bits per heavy atom. The van der Waals surface area contributed by atoms with Gasteiger partial charge in [-0.2, -0.15) is 0 Å². The standard InChI is InChI=1S/C64H85N5O5/c1-42(70)39-68-60-38-63(37-56-55-23-27-66-40-52(55)30-49-14-9-26-67-62(49)56)36-46(18-22-59(63)64(60)24-6-7-25-64)29-54(72)35-53(71)21-20-47-33-58(74-2)57(73)32-50(47)31-51-41-69-61(65)34-48(51)19-17-45-13-8-12-44(28-45)16-15-43-10-4-3-5-11-43/h3-5,8-14,20-21,28,32-34,41-42,46,49,52,55-56,59-62,66-70,73H,6-7,15-19,22-27,29-31,35-40,65H2,1-2H3. The first-order valence-electron chi connectivity index (χ1n) is 28.7. The number of rotatable bonds is 20. The number of phenolic OH excluding ortho intramolecular Hbond substituents is 1. The molecule has 4 aliphatic carbocycles. The Bertz CT molecular complexity index is 2560. The zero-order valence-corrected chi connectivity index (χ0v) is 44.3. The van der Waals surface area contributed by atoms with Crippen molar-refractivity contribution in [2.24, 2.45) is 52.1 Å². The minimum Gasteiger partial charge on any atom is -0.504 e. The molecule has 11 unspecified atom stereocenters. The minimum atomic E-state index is -0.393. The van der Waals surface area contributed by atoms with Crippen LogP contribution in [0.25, 0.3) is 6.08 Å². The van der Waals surface area contributed by atoms with E-state index in [0.717, 1.165) is 93.3 Å². The number of aryl methyl sites for hydroxylation is 3. The van der Waals surface area contributed by atoms with E-state index in [4.69, 9.17) is 10.5 Å². The quantitative estimate of drug-likeness (QED) is 0.0331. The summed E-state index contributed by atoms with van der Waals surface area (Å²) in [6, 6.07) is 23.9. The van der Waals surface area contributed by atoms with E-state index in [1.165, 1.54) is 68.7 Å². The third-order valence-corrected chi connectivity index (χ3v) is 19.3. The first-order chi connectivity index (χ1) is 36.0. The maximum absolute atomic E-state index is 14.2. The summed E-state index contributed by atoms with van der Waals surface area (Å²) in [4.78, 5) is 28.1. The number of nitrogens with two attached hydrogens (primary N) is 1. The molecule has 396 valence electrons. The Hall–Kier alpha value is -4.84. The molecular formula is C64H85N5O5. The van der Waals surface area contributed by atoms with Gasteiger partial charge in [-0.3, -0.25) is 9.59 Å². The van der Waals surface area contributed by atoms with Gasteiger partial charge in [-0.25, -0.2) is 0 Å². The van der Waals surface area contributed by atoms with E-state index in [0.29, 0.717) is 66.8 Å². The van der Waals surface area contributed by atoms with Gasteiger partial charge in [0.15, 0.2) is 17.3 Å². The molecule has 0 amide bonds. The largest absolute Gasteiger partial charge is 0.504 e. The number of fused-ring (bicyclic) bond motifs is 4. The highest BCUT2D eigenvalue weighted by atomic mass is 16.5. The van der Waals surface area contributed by atoms with Crippen molar-refractivity contribution >= 4 is 17.6 Å². The Labute approximate surface area is 441 Å². The normalized spacial score (nSPS) is 30.5. The highest BCUT2D eigenvalue weighted by Gasteiger charge is 2.64. The molecule has 3 aromatic rings. The summed E-state index contributed by atoms with van der Waals surface area (Å²) in [5, 5.41) is 36.6. The number of methoxy groups -OCH3 is 1. The number of ether oxygens (including phenoxy) is 1. The number of Topliss-reactive ketones (excluding diaryl/α,β-unsaturated/α-hetero) is 1. The van der Waals surface area contributed by atoms with Gasteiger partial charge in [0.2, 0.25) is 0 Å². The molecule has 4 saturated carbocycles. The van der Waals surface area contributed by atoms with Gasteiger partial charge in [0, 0.05) is 37.8 Å². The number of ketones is 2. The van der Waals surface area contributed by atoms with Gasteiger partial charge in [-0.05, 0) is 219 Å². The molecule has 0 bridgehead atoms. The van der Waals surface area contributed by atoms with Crippen LogP contribution in [0.15, 0.2) is 108 Å². The number of piperidine rings is 1. The lowest BCUT2D eigenvalue weighted by Gasteiger charge is -2.55. The summed E-state index contributed by atoms with van der Waals surface area (Å²) < 4.78 is 5.56. The lowest BCUT2D eigenvalue weighted by Crippen LogP contribution is -2.57. The molecule has 11 atom stereocenters. The number of dihydropyridines is 1. The first-order valence-corrected chi connectivity index (χ1v) is 28.7. The average Bonchev–Trinajstić information content (AvgIpc) is 3.99. The molecule has 1 saturated heterocycles. The van der Waals surface area contributed by atoms with Crippen molar-refractivity contribution in [1.82, 2.24) is 21.3 Å². The Kier molecular flexibility index (Phi) is 16.8. The van der Waals surface area contributed by atoms with E-state index in [1.54, 1.807) is 24.3 Å². The SMILES string of the molecule is COc1cc(C=CC(=O)CC(=O)CC2CCC3C(CC4C5CCNCC5CC5C=CCNC54)(C2)CC(NCC(C)O)C32CCCC2)c(CC2=CNC(N)C=C2CCc2cccc(CCc3ccccc3)c2)cc1O. The second-order valence-corrected chi connectivity index (χ2v) is 24.0. The first kappa shape index (κ1) is 52.6. The summed E-state index contributed by atoms with van der Waals surface area (Å²) >= 11 is 0. The third kappa shape index (κ3) is 11.9. The molecule has 10 rings (SSSR count). The van der Waals surface area contributed by atoms with Crippen LogP contribution in [0.5, 0.6) is 11.5 Å². The van der Waals surface area contributed by atoms with E-state index in [1.807, 2.05) is 13.1 Å². The number of allylic oxidation sites excluding steroid dienone is 3. The fraction of sp³-hybridized carbons (Fsp3) is 0.562. The van der Waals surface area contributed by atoms with Gasteiger partial charge in [-0.1, -0.05) is 85.7 Å². The van der Waals surface area contributed by atoms with Crippen LogP contribution < -0.4 is 31.7 Å². The van der Waals surface area contributed by atoms with Crippen molar-refractivity contribution in [3.8, 4) is 11.5 Å². The number of phenols is 1. The van der Waals surface area contributed by atoms with Crippen LogP contribution >= 0.6 is 0 Å². The molecule has 0 aromatic heterocycles. The fourth-order valence-electron chi connectivity index (χ4n) is 16.2. The Balaban J connectivity index is 0.819. The van der Waals surface area contributed by atoms with Crippen molar-refractivity contribution < 1.29 is 24.5 Å². The van der Waals surface area contributed by atoms with E-state index in [2.05, 4.69) is 94.1 Å². The number of hydrogen-bond acceptors (Lipinski definition) is 10. The van der Waals surface area contributed by atoms with Crippen LogP contribution in [0.2, 0.25) is 0 Å². The van der Waals surface area contributed by atoms with Gasteiger partial charge >= 0.3 is 0 Å². The van der Waals surface area contributed by atoms with E-state index in [9.17, 15) is 19.8 Å². The molecular weight excluding hydrogens is 919 g/mol. The monoisotopic (exact) mass is 1000 g/mol. The van der Waals surface area contributed by atoms with Crippen LogP contribution in [0, 0.1) is 46.3 Å². The third-order valence-electron chi connectivity index (χ3n) is 19.3. The predicted molar refractivity (Wildman–Crippen MR) is 296 cm³/mol. The summed E-state index contributed by atoms with van der Waals surface area (Å²) in [6.45, 7) is 5.69. The maximum atomic E-state index is 14.2. The van der Waals surface area contributed by atoms with E-state index >= 15 is 0 Å². The van der Waals surface area contributed by atoms with Gasteiger partial charge in [-0.15, -0.1) is 0 Å². The van der Waals surface area contributed by atoms with Crippen LogP contribution in [-0.2, 0) is 35.3 Å². The van der Waals surface area contributed by atoms with Crippen molar-refractivity contribution in [1.29, 1.82) is 0 Å². The molecule has 3 heterocycles. The van der Waals surface area contributed by atoms with Crippen LogP contribution in [0.4, 0.5) is 0 Å². The van der Waals surface area contributed by atoms with E-state index < -0.39 is 6.10 Å². The number of hydrogen-bond donors (Lipinski definition) is 7. The van der Waals surface area contributed by atoms with Gasteiger partial charge in [0.25, 0.3) is 0 Å². The zero-order valence-electron chi connectivity index (χ0n) is 44.3. The van der Waals surface area contributed by atoms with Crippen molar-refractivity contribution in [2.75, 3.05) is 33.3 Å². The lowest BCUT2D eigenvalue weighted by molar-refractivity contribution is -0.126. The summed E-state index contributed by atoms with van der Waals surface area (Å²) in [7, 11) is 1.53. The number of aromatic hydroxyl groups is 1. The van der Waals surface area contributed by atoms with Gasteiger partial charge < -0.3 is 42.0 Å². The molecule has 5 fully saturated rings. The minimum absolute atomic E-state index is 0.0284. The second kappa shape index (κ2) is 23.6. The number of carbonyl (C=O) groups is 2. The maximum Gasteiger partial charge on any atom is 0.163 e. The number of aliphatic hydroxyl groups is 1. The molecule has 10 nitrogen and oxygen atoms in total. The Morgan fingerprint density at radius 2 is 1.73 bits per heavy atom. The van der Waals surface area contributed by atoms with Crippen molar-refractivity contribution in [3.63, 3.8) is 0 Å². The Morgan fingerprint density at radius 1 is 0.946 bits per heavy atom. The van der Waals surface area contributed by atoms with Gasteiger partial charge in [0.1, 0.15) is 5.78 Å². The molecule has 8 N–H and O–H groups in total. The molecule has 10 heteroatoms. The molecule has 3 aliphatic heterocycles. The highest BCUT2D eigenvalue weighted by molar-refractivity contribution is 6.06. The predicted octanol–water partition coefficient (Wildman–Crippen LogP) is 9.48. The van der Waals surface area contributed by atoms with Crippen molar-refractivity contribution in [2.45, 2.75) is 147 Å². The van der Waals surface area contributed by atoms with Crippen LogP contribution in [-0.4, -0.2) is 79.4 Å². The highest BCUT2D eigenvalue weighted by Crippen LogP contribution is 2.69. The molecule has 74 heavy (non-hydrogen) atoms. The summed E-state index contributed by atoms with van der Waals surface area (Å²) in [5.74, 6) is 3.59. The number of nitrogens with one attached hydrogen (secondary N) is 4. The smallest absolute Gasteiger partial charge is 0.163 e. The second-order valence-electron chi connectivity index (χ2n) is 24.0. The summed E-state index contributed by atoms with van der Waals surface area (Å²) in [5.41, 5.74) is 14.5. The molecule has 1 spiro atoms. The van der Waals surface area contributed by atoms with Crippen LogP contribution in [0.3, 0.4) is 0 Å². The average molecular weight is 1000 g/mol. The molecule has 0 radical (unpaired) electrons. The zero-order chi connectivity index (χ0) is 51.2. The fourth-order valence-corrected chi connectivity index (χ4v) is 16.2. The lowest BCUT2D eigenvalue weighted by atomic mass is 9.52. The molecule has 3 aromatic carbocycles. The molecule has 7 aliphatic rings. The topological polar surface area (TPSA) is 158 Å².